The molecule has 6 nitrogen and oxygen atoms in total. The highest BCUT2D eigenvalue weighted by molar-refractivity contribution is 5.75. The number of hydrogen-bond donors (Lipinski definition) is 0. The van der Waals surface area contributed by atoms with E-state index in [1.807, 2.05) is 6.92 Å². The molecule has 1 atom stereocenters. The van der Waals surface area contributed by atoms with Crippen molar-refractivity contribution in [2.24, 2.45) is 0 Å². The van der Waals surface area contributed by atoms with E-state index in [4.69, 9.17) is 9.26 Å². The van der Waals surface area contributed by atoms with Gasteiger partial charge in [0.05, 0.1) is 13.2 Å². The average Bonchev–Trinajstić information content (AvgIpc) is 2.87. The van der Waals surface area contributed by atoms with Gasteiger partial charge in [0.2, 0.25) is 5.89 Å². The van der Waals surface area contributed by atoms with Crippen LogP contribution in [0.15, 0.2) is 4.52 Å². The van der Waals surface area contributed by atoms with Crippen LogP contribution in [0.2, 0.25) is 0 Å². The second-order valence-corrected chi connectivity index (χ2v) is 5.09. The summed E-state index contributed by atoms with van der Waals surface area (Å²) in [6, 6.07) is -0.176. The Kier molecular flexibility index (Phi) is 5.52. The van der Waals surface area contributed by atoms with E-state index >= 15 is 0 Å². The zero-order valence-electron chi connectivity index (χ0n) is 12.3. The van der Waals surface area contributed by atoms with Gasteiger partial charge < -0.3 is 9.26 Å². The number of hydrogen-bond acceptors (Lipinski definition) is 6. The first kappa shape index (κ1) is 15.0. The fourth-order valence-electron chi connectivity index (χ4n) is 2.54. The molecule has 2 rings (SSSR count). The van der Waals surface area contributed by atoms with Crippen molar-refractivity contribution in [2.75, 3.05) is 13.2 Å². The quantitative estimate of drug-likeness (QED) is 0.742. The first-order valence-electron chi connectivity index (χ1n) is 7.46. The van der Waals surface area contributed by atoms with Gasteiger partial charge >= 0.3 is 5.97 Å². The van der Waals surface area contributed by atoms with E-state index in [9.17, 15) is 4.79 Å². The Morgan fingerprint density at radius 2 is 2.30 bits per heavy atom. The highest BCUT2D eigenvalue weighted by atomic mass is 16.5. The summed E-state index contributed by atoms with van der Waals surface area (Å²) in [5, 5.41) is 3.95. The number of ether oxygens (including phenoxy) is 1. The van der Waals surface area contributed by atoms with Crippen LogP contribution in [0.4, 0.5) is 0 Å². The van der Waals surface area contributed by atoms with Crippen LogP contribution >= 0.6 is 0 Å². The monoisotopic (exact) mass is 281 g/mol. The van der Waals surface area contributed by atoms with Crippen LogP contribution in [0.3, 0.4) is 0 Å². The summed E-state index contributed by atoms with van der Waals surface area (Å²) in [6.45, 7) is 5.73. The van der Waals surface area contributed by atoms with Crippen molar-refractivity contribution in [3.05, 3.63) is 11.7 Å². The molecule has 112 valence electrons. The van der Waals surface area contributed by atoms with Crippen LogP contribution < -0.4 is 0 Å². The number of likely N-dealkylation sites (tertiary alicyclic amines) is 1. The van der Waals surface area contributed by atoms with Crippen LogP contribution in [0, 0.1) is 0 Å². The minimum absolute atomic E-state index is 0.138. The van der Waals surface area contributed by atoms with Gasteiger partial charge in [0.25, 0.3) is 0 Å². The normalized spacial score (nSPS) is 20.0. The Morgan fingerprint density at radius 3 is 3.05 bits per heavy atom. The first-order chi connectivity index (χ1) is 9.74. The van der Waals surface area contributed by atoms with Crippen molar-refractivity contribution in [3.63, 3.8) is 0 Å². The molecule has 1 aromatic rings. The fourth-order valence-corrected chi connectivity index (χ4v) is 2.54. The smallest absolute Gasteiger partial charge is 0.323 e. The predicted molar refractivity (Wildman–Crippen MR) is 73.0 cm³/mol. The number of rotatable bonds is 6. The third-order valence-corrected chi connectivity index (χ3v) is 3.49. The standard InChI is InChI=1S/C14H23N3O3/c1-3-7-12-15-13(20-16-12)10-17-9-6-5-8-11(17)14(18)19-4-2/h11H,3-10H2,1-2H3/t11-/m1/s1. The van der Waals surface area contributed by atoms with Crippen LogP contribution in [-0.2, 0) is 22.5 Å². The van der Waals surface area contributed by atoms with Gasteiger partial charge in [-0.3, -0.25) is 9.69 Å². The van der Waals surface area contributed by atoms with Crippen molar-refractivity contribution in [2.45, 2.75) is 58.5 Å². The third kappa shape index (κ3) is 3.79. The lowest BCUT2D eigenvalue weighted by atomic mass is 10.0. The lowest BCUT2D eigenvalue weighted by Crippen LogP contribution is -2.45. The van der Waals surface area contributed by atoms with Crippen molar-refractivity contribution < 1.29 is 14.1 Å². The zero-order chi connectivity index (χ0) is 14.4. The van der Waals surface area contributed by atoms with Crippen LogP contribution in [-0.4, -0.2) is 40.2 Å². The molecule has 1 saturated heterocycles. The lowest BCUT2D eigenvalue weighted by Gasteiger charge is -2.32. The van der Waals surface area contributed by atoms with Crippen molar-refractivity contribution in [1.82, 2.24) is 15.0 Å². The molecular weight excluding hydrogens is 258 g/mol. The number of aromatic nitrogens is 2. The van der Waals surface area contributed by atoms with E-state index in [0.29, 0.717) is 19.0 Å². The van der Waals surface area contributed by atoms with Crippen molar-refractivity contribution in [3.8, 4) is 0 Å². The zero-order valence-corrected chi connectivity index (χ0v) is 12.3. The maximum Gasteiger partial charge on any atom is 0.323 e. The van der Waals surface area contributed by atoms with Gasteiger partial charge in [-0.25, -0.2) is 0 Å². The summed E-state index contributed by atoms with van der Waals surface area (Å²) in [5.74, 6) is 1.19. The Bertz CT molecular complexity index is 433. The van der Waals surface area contributed by atoms with Gasteiger partial charge in [0.15, 0.2) is 5.82 Å². The Hall–Kier alpha value is -1.43. The van der Waals surface area contributed by atoms with Crippen LogP contribution in [0.5, 0.6) is 0 Å². The molecule has 0 aromatic carbocycles. The molecule has 0 radical (unpaired) electrons. The summed E-state index contributed by atoms with van der Waals surface area (Å²) in [6.07, 6.45) is 4.81. The summed E-state index contributed by atoms with van der Waals surface area (Å²) >= 11 is 0. The van der Waals surface area contributed by atoms with Crippen molar-refractivity contribution in [1.29, 1.82) is 0 Å². The first-order valence-corrected chi connectivity index (χ1v) is 7.46. The van der Waals surface area contributed by atoms with E-state index in [-0.39, 0.29) is 12.0 Å². The van der Waals surface area contributed by atoms with E-state index in [1.165, 1.54) is 0 Å². The Labute approximate surface area is 119 Å². The van der Waals surface area contributed by atoms with Gasteiger partial charge in [-0.15, -0.1) is 0 Å². The second-order valence-electron chi connectivity index (χ2n) is 5.09. The number of carbonyl (C=O) groups is 1. The van der Waals surface area contributed by atoms with E-state index in [2.05, 4.69) is 22.0 Å². The maximum absolute atomic E-state index is 12.0. The summed E-state index contributed by atoms with van der Waals surface area (Å²) in [4.78, 5) is 18.4. The molecule has 0 amide bonds. The number of aryl methyl sites for hydroxylation is 1. The molecule has 1 fully saturated rings. The van der Waals surface area contributed by atoms with Gasteiger partial charge in [-0.1, -0.05) is 18.5 Å². The number of piperidine rings is 1. The SMILES string of the molecule is CCCc1noc(CN2CCCC[C@@H]2C(=O)OCC)n1. The van der Waals surface area contributed by atoms with Crippen LogP contribution in [0.25, 0.3) is 0 Å². The Balaban J connectivity index is 1.98. The summed E-state index contributed by atoms with van der Waals surface area (Å²) in [5.41, 5.74) is 0. The Morgan fingerprint density at radius 1 is 1.45 bits per heavy atom. The predicted octanol–water partition coefficient (Wildman–Crippen LogP) is 1.94. The molecule has 0 saturated carbocycles. The molecule has 0 bridgehead atoms. The molecule has 0 spiro atoms. The molecule has 1 aliphatic heterocycles. The molecule has 2 heterocycles. The summed E-state index contributed by atoms with van der Waals surface area (Å²) < 4.78 is 10.4. The van der Waals surface area contributed by atoms with Crippen molar-refractivity contribution >= 4 is 5.97 Å². The van der Waals surface area contributed by atoms with E-state index in [0.717, 1.165) is 44.5 Å². The topological polar surface area (TPSA) is 68.5 Å². The maximum atomic E-state index is 12.0. The van der Waals surface area contributed by atoms with E-state index < -0.39 is 0 Å². The van der Waals surface area contributed by atoms with Gasteiger partial charge in [-0.05, 0) is 32.7 Å². The minimum Gasteiger partial charge on any atom is -0.465 e. The highest BCUT2D eigenvalue weighted by Gasteiger charge is 2.30. The second kappa shape index (κ2) is 7.38. The third-order valence-electron chi connectivity index (χ3n) is 3.49. The molecular formula is C14H23N3O3. The minimum atomic E-state index is -0.176. The van der Waals surface area contributed by atoms with Gasteiger partial charge in [-0.2, -0.15) is 4.98 Å². The fraction of sp³-hybridized carbons (Fsp3) is 0.786. The average molecular weight is 281 g/mol. The molecule has 1 aromatic heterocycles. The van der Waals surface area contributed by atoms with Crippen LogP contribution in [0.1, 0.15) is 51.2 Å². The highest BCUT2D eigenvalue weighted by Crippen LogP contribution is 2.20. The molecule has 0 aliphatic carbocycles. The van der Waals surface area contributed by atoms with Gasteiger partial charge in [0.1, 0.15) is 6.04 Å². The molecule has 0 unspecified atom stereocenters. The lowest BCUT2D eigenvalue weighted by molar-refractivity contribution is -0.151. The number of nitrogens with zero attached hydrogens (tertiary/aromatic N) is 3. The molecule has 20 heavy (non-hydrogen) atoms. The summed E-state index contributed by atoms with van der Waals surface area (Å²) in [7, 11) is 0. The number of carbonyl (C=O) groups excluding carboxylic acids is 1. The molecule has 6 heteroatoms. The largest absolute Gasteiger partial charge is 0.465 e. The van der Waals surface area contributed by atoms with Gasteiger partial charge in [0, 0.05) is 6.42 Å². The molecule has 0 N–H and O–H groups in total. The number of esters is 1. The molecule has 1 aliphatic rings. The van der Waals surface area contributed by atoms with E-state index in [1.54, 1.807) is 0 Å².